The molecule has 1 aromatic rings. The molecule has 0 saturated heterocycles. The molecule has 0 atom stereocenters. The van der Waals surface area contributed by atoms with E-state index >= 15 is 0 Å². The summed E-state index contributed by atoms with van der Waals surface area (Å²) in [5.41, 5.74) is -0.780. The second-order valence-corrected chi connectivity index (χ2v) is 3.26. The minimum Gasteiger partial charge on any atom is -0.409 e. The van der Waals surface area contributed by atoms with Crippen LogP contribution < -0.4 is 4.74 Å². The summed E-state index contributed by atoms with van der Waals surface area (Å²) in [5.74, 6) is -0.691. The van der Waals surface area contributed by atoms with Gasteiger partial charge in [-0.05, 0) is 18.2 Å². The zero-order valence-electron chi connectivity index (χ0n) is 6.94. The summed E-state index contributed by atoms with van der Waals surface area (Å²) >= 11 is 5.45. The van der Waals surface area contributed by atoms with Gasteiger partial charge in [0.1, 0.15) is 5.75 Å². The molecule has 0 spiro atoms. The first-order valence-electron chi connectivity index (χ1n) is 3.75. The van der Waals surface area contributed by atoms with Gasteiger partial charge in [0.05, 0.1) is 5.56 Å². The molecule has 2 rings (SSSR count). The first kappa shape index (κ1) is 10.5. The zero-order chi connectivity index (χ0) is 11.3. The van der Waals surface area contributed by atoms with Crippen LogP contribution in [-0.2, 0) is 10.8 Å². The molecule has 0 fully saturated rings. The number of hydrogen-bond acceptors (Lipinski definition) is 2. The number of benzene rings is 1. The van der Waals surface area contributed by atoms with Crippen LogP contribution in [0.25, 0.3) is 0 Å². The highest BCUT2D eigenvalue weighted by Crippen LogP contribution is 2.46. The Balaban J connectivity index is 2.55. The van der Waals surface area contributed by atoms with Gasteiger partial charge in [-0.2, -0.15) is 8.78 Å². The van der Waals surface area contributed by atoms with Crippen LogP contribution in [0.15, 0.2) is 18.2 Å². The van der Waals surface area contributed by atoms with Gasteiger partial charge >= 0.3 is 12.4 Å². The minimum atomic E-state index is -4.36. The van der Waals surface area contributed by atoms with Gasteiger partial charge in [0.15, 0.2) is 0 Å². The third kappa shape index (κ3) is 1.87. The quantitative estimate of drug-likeness (QED) is 0.650. The van der Waals surface area contributed by atoms with Crippen molar-refractivity contribution in [2.75, 3.05) is 0 Å². The Morgan fingerprint density at radius 2 is 1.80 bits per heavy atom. The Hall–Kier alpha value is -1.01. The molecule has 0 saturated carbocycles. The highest BCUT2D eigenvalue weighted by molar-refractivity contribution is 6.30. The van der Waals surface area contributed by atoms with Crippen LogP contribution in [0.3, 0.4) is 0 Å². The summed E-state index contributed by atoms with van der Waals surface area (Å²) in [7, 11) is 0. The predicted molar refractivity (Wildman–Crippen MR) is 42.0 cm³/mol. The van der Waals surface area contributed by atoms with E-state index in [-0.39, 0.29) is 5.02 Å². The molecule has 15 heavy (non-hydrogen) atoms. The van der Waals surface area contributed by atoms with Crippen molar-refractivity contribution in [3.05, 3.63) is 28.8 Å². The van der Waals surface area contributed by atoms with Crippen molar-refractivity contribution in [3.8, 4) is 5.75 Å². The summed E-state index contributed by atoms with van der Waals surface area (Å²) in [6.45, 7) is 0. The van der Waals surface area contributed by atoms with Crippen molar-refractivity contribution >= 4 is 11.6 Å². The monoisotopic (exact) mass is 242 g/mol. The molecule has 1 aliphatic heterocycles. The molecule has 7 heteroatoms. The number of rotatable bonds is 0. The van der Waals surface area contributed by atoms with E-state index < -0.39 is 23.7 Å². The van der Waals surface area contributed by atoms with E-state index in [1.807, 2.05) is 0 Å². The largest absolute Gasteiger partial charge is 0.540 e. The molecule has 2 nitrogen and oxygen atoms in total. The van der Waals surface area contributed by atoms with Crippen LogP contribution in [0.4, 0.5) is 17.6 Å². The van der Waals surface area contributed by atoms with Crippen LogP contribution in [-0.4, -0.2) is 6.29 Å². The third-order valence-electron chi connectivity index (χ3n) is 1.73. The second-order valence-electron chi connectivity index (χ2n) is 2.82. The number of alkyl halides is 4. The van der Waals surface area contributed by atoms with Crippen molar-refractivity contribution < 1.29 is 27.0 Å². The molecule has 0 aromatic heterocycles. The number of fused-ring (bicyclic) bond motifs is 1. The van der Waals surface area contributed by atoms with Gasteiger partial charge in [-0.15, -0.1) is 8.78 Å². The fourth-order valence-corrected chi connectivity index (χ4v) is 1.34. The van der Waals surface area contributed by atoms with Gasteiger partial charge in [-0.3, -0.25) is 0 Å². The SMILES string of the molecule is FC1(F)Oc2cc(Cl)ccc2C(F)(F)O1. The fourth-order valence-electron chi connectivity index (χ4n) is 1.17. The molecule has 0 N–H and O–H groups in total. The van der Waals surface area contributed by atoms with Crippen LogP contribution >= 0.6 is 11.6 Å². The molecule has 1 heterocycles. The first-order valence-corrected chi connectivity index (χ1v) is 4.13. The molecule has 1 aliphatic rings. The molecular formula is C8H3ClF4O2. The predicted octanol–water partition coefficient (Wildman–Crippen LogP) is 3.35. The molecule has 0 unspecified atom stereocenters. The van der Waals surface area contributed by atoms with Gasteiger partial charge < -0.3 is 4.74 Å². The Morgan fingerprint density at radius 3 is 2.47 bits per heavy atom. The van der Waals surface area contributed by atoms with Crippen molar-refractivity contribution in [3.63, 3.8) is 0 Å². The zero-order valence-corrected chi connectivity index (χ0v) is 7.69. The van der Waals surface area contributed by atoms with Crippen molar-refractivity contribution in [1.82, 2.24) is 0 Å². The standard InChI is InChI=1S/C8H3ClF4O2/c9-4-1-2-5-6(3-4)14-8(12,13)15-7(5,10)11/h1-3H. The van der Waals surface area contributed by atoms with Gasteiger partial charge in [0, 0.05) is 5.02 Å². The van der Waals surface area contributed by atoms with Gasteiger partial charge in [-0.1, -0.05) is 11.6 Å². The Bertz CT molecular complexity index is 408. The Morgan fingerprint density at radius 1 is 1.13 bits per heavy atom. The molecule has 0 aliphatic carbocycles. The smallest absolute Gasteiger partial charge is 0.409 e. The van der Waals surface area contributed by atoms with E-state index in [0.717, 1.165) is 18.2 Å². The number of halogens is 5. The van der Waals surface area contributed by atoms with Gasteiger partial charge in [-0.25, -0.2) is 4.74 Å². The van der Waals surface area contributed by atoms with Crippen LogP contribution in [0.1, 0.15) is 5.56 Å². The van der Waals surface area contributed by atoms with Crippen LogP contribution in [0.5, 0.6) is 5.75 Å². The maximum absolute atomic E-state index is 13.0. The van der Waals surface area contributed by atoms with E-state index in [9.17, 15) is 17.6 Å². The van der Waals surface area contributed by atoms with E-state index in [0.29, 0.717) is 0 Å². The Labute approximate surface area is 86.3 Å². The summed E-state index contributed by atoms with van der Waals surface area (Å²) in [6.07, 6.45) is -8.46. The molecule has 0 bridgehead atoms. The molecule has 82 valence electrons. The van der Waals surface area contributed by atoms with Crippen molar-refractivity contribution in [2.24, 2.45) is 0 Å². The molecular weight excluding hydrogens is 240 g/mol. The molecule has 0 amide bonds. The second kappa shape index (κ2) is 2.99. The topological polar surface area (TPSA) is 18.5 Å². The Kier molecular flexibility index (Phi) is 2.09. The average Bonchev–Trinajstić information content (AvgIpc) is 1.97. The van der Waals surface area contributed by atoms with Crippen molar-refractivity contribution in [1.29, 1.82) is 0 Å². The summed E-state index contributed by atoms with van der Waals surface area (Å²) < 4.78 is 58.2. The van der Waals surface area contributed by atoms with E-state index in [1.165, 1.54) is 0 Å². The van der Waals surface area contributed by atoms with Gasteiger partial charge in [0.25, 0.3) is 0 Å². The van der Waals surface area contributed by atoms with E-state index in [2.05, 4.69) is 9.47 Å². The fraction of sp³-hybridized carbons (Fsp3) is 0.250. The lowest BCUT2D eigenvalue weighted by molar-refractivity contribution is -0.461. The lowest BCUT2D eigenvalue weighted by Crippen LogP contribution is -2.40. The highest BCUT2D eigenvalue weighted by atomic mass is 35.5. The summed E-state index contributed by atoms with van der Waals surface area (Å²) in [4.78, 5) is 0. The highest BCUT2D eigenvalue weighted by Gasteiger charge is 2.54. The van der Waals surface area contributed by atoms with Crippen LogP contribution in [0.2, 0.25) is 5.02 Å². The van der Waals surface area contributed by atoms with E-state index in [4.69, 9.17) is 11.6 Å². The average molecular weight is 243 g/mol. The van der Waals surface area contributed by atoms with E-state index in [1.54, 1.807) is 0 Å². The molecule has 0 radical (unpaired) electrons. The lowest BCUT2D eigenvalue weighted by Gasteiger charge is -2.30. The van der Waals surface area contributed by atoms with Gasteiger partial charge in [0.2, 0.25) is 0 Å². The summed E-state index contributed by atoms with van der Waals surface area (Å²) in [5, 5.41) is 0.0160. The third-order valence-corrected chi connectivity index (χ3v) is 1.97. The maximum Gasteiger partial charge on any atom is 0.540 e. The number of hydrogen-bond donors (Lipinski definition) is 0. The number of ether oxygens (including phenoxy) is 2. The molecule has 1 aromatic carbocycles. The van der Waals surface area contributed by atoms with Crippen molar-refractivity contribution in [2.45, 2.75) is 12.4 Å². The first-order chi connectivity index (χ1) is 6.80. The summed E-state index contributed by atoms with van der Waals surface area (Å²) in [6, 6.07) is 2.87. The maximum atomic E-state index is 13.0. The minimum absolute atomic E-state index is 0.0160. The normalized spacial score (nSPS) is 21.7. The van der Waals surface area contributed by atoms with Crippen LogP contribution in [0, 0.1) is 0 Å². The lowest BCUT2D eigenvalue weighted by atomic mass is 10.2.